The Balaban J connectivity index is 1.80. The maximum atomic E-state index is 16.1. The second kappa shape index (κ2) is 14.3. The maximum Gasteiger partial charge on any atom is 0.510 e. The van der Waals surface area contributed by atoms with Gasteiger partial charge in [-0.25, -0.2) is 37.6 Å². The first kappa shape index (κ1) is 35.3. The molecule has 1 aliphatic heterocycles. The minimum absolute atomic E-state index is 0.0943. The van der Waals surface area contributed by atoms with Crippen molar-refractivity contribution in [1.29, 1.82) is 0 Å². The largest absolute Gasteiger partial charge is 0.510 e. The lowest BCUT2D eigenvalue weighted by Gasteiger charge is -2.28. The Bertz CT molecular complexity index is 1330. The molecule has 0 bridgehead atoms. The Labute approximate surface area is 251 Å². The minimum Gasteiger partial charge on any atom is -0.476 e. The van der Waals surface area contributed by atoms with Crippen LogP contribution in [0.25, 0.3) is 11.2 Å². The molecule has 0 amide bonds. The zero-order chi connectivity index (χ0) is 32.9. The standard InChI is InChI=1S/C24H36FN4O14P/c1-8-35-18-16-17(27-15(6)28-18)29(10-26-16)20-23(7,33)19(30)24(25,43-20)9-38-44(34,39-11-36-21(31)41-13(2)3)40-12-37-22(32)42-14(4)5/h10,13-14,19-20,30,33H,8-9,11-12H2,1-7H3/t19-,20+,23+,24+/m0/s1. The summed E-state index contributed by atoms with van der Waals surface area (Å²) in [7, 11) is -4.94. The number of aliphatic hydroxyl groups excluding tert-OH is 1. The molecule has 18 nitrogen and oxygen atoms in total. The summed E-state index contributed by atoms with van der Waals surface area (Å²) in [6.07, 6.45) is -6.28. The second-order valence-corrected chi connectivity index (χ2v) is 11.7. The van der Waals surface area contributed by atoms with Crippen molar-refractivity contribution in [3.8, 4) is 5.88 Å². The summed E-state index contributed by atoms with van der Waals surface area (Å²) >= 11 is 0. The highest BCUT2D eigenvalue weighted by Gasteiger charge is 2.64. The average molecular weight is 655 g/mol. The van der Waals surface area contributed by atoms with E-state index >= 15 is 4.39 Å². The van der Waals surface area contributed by atoms with E-state index in [1.165, 1.54) is 6.33 Å². The van der Waals surface area contributed by atoms with E-state index < -0.39 is 76.3 Å². The first-order valence-electron chi connectivity index (χ1n) is 13.3. The van der Waals surface area contributed by atoms with Crippen molar-refractivity contribution in [1.82, 2.24) is 19.5 Å². The molecule has 4 atom stereocenters. The lowest BCUT2D eigenvalue weighted by Crippen LogP contribution is -2.49. The van der Waals surface area contributed by atoms with Crippen molar-refractivity contribution in [2.24, 2.45) is 0 Å². The molecule has 1 fully saturated rings. The lowest BCUT2D eigenvalue weighted by atomic mass is 9.95. The molecular weight excluding hydrogens is 618 g/mol. The number of phosphoric acid groups is 1. The monoisotopic (exact) mass is 654 g/mol. The van der Waals surface area contributed by atoms with Crippen LogP contribution in [-0.4, -0.2) is 98.6 Å². The molecule has 0 saturated carbocycles. The predicted octanol–water partition coefficient (Wildman–Crippen LogP) is 3.04. The molecule has 0 aliphatic carbocycles. The molecule has 1 aliphatic rings. The number of ether oxygens (including phenoxy) is 6. The van der Waals surface area contributed by atoms with Crippen molar-refractivity contribution in [3.05, 3.63) is 12.2 Å². The summed E-state index contributed by atoms with van der Waals surface area (Å²) in [6, 6.07) is 0. The summed E-state index contributed by atoms with van der Waals surface area (Å²) in [6.45, 7) is 7.33. The average Bonchev–Trinajstić information content (AvgIpc) is 3.39. The van der Waals surface area contributed by atoms with Gasteiger partial charge in [-0.15, -0.1) is 0 Å². The first-order chi connectivity index (χ1) is 20.5. The number of aliphatic hydroxyl groups is 2. The summed E-state index contributed by atoms with van der Waals surface area (Å²) in [5, 5.41) is 22.0. The molecule has 248 valence electrons. The highest BCUT2D eigenvalue weighted by atomic mass is 31.2. The van der Waals surface area contributed by atoms with Gasteiger partial charge in [0.05, 0.1) is 25.1 Å². The molecule has 0 aromatic carbocycles. The van der Waals surface area contributed by atoms with Gasteiger partial charge < -0.3 is 38.6 Å². The van der Waals surface area contributed by atoms with Crippen molar-refractivity contribution in [2.75, 3.05) is 26.8 Å². The number of aromatic nitrogens is 4. The van der Waals surface area contributed by atoms with Crippen LogP contribution in [0.15, 0.2) is 6.33 Å². The molecule has 2 N–H and O–H groups in total. The SMILES string of the molecule is CCOc1nc(C)nc2c1ncn2[C@@H]1O[C@](F)(COP(=O)(OCOC(=O)OC(C)C)OCOC(=O)OC(C)C)[C@@H](O)[C@@]1(C)O. The van der Waals surface area contributed by atoms with Gasteiger partial charge in [-0.05, 0) is 48.5 Å². The summed E-state index contributed by atoms with van der Waals surface area (Å²) in [5.74, 6) is -2.84. The fourth-order valence-corrected chi connectivity index (χ4v) is 4.73. The number of nitrogens with zero attached hydrogens (tertiary/aromatic N) is 4. The third-order valence-electron chi connectivity index (χ3n) is 5.66. The van der Waals surface area contributed by atoms with Crippen LogP contribution in [0.5, 0.6) is 5.88 Å². The van der Waals surface area contributed by atoms with E-state index in [0.29, 0.717) is 0 Å². The third kappa shape index (κ3) is 8.50. The van der Waals surface area contributed by atoms with Gasteiger partial charge in [0.15, 0.2) is 17.4 Å². The van der Waals surface area contributed by atoms with E-state index in [4.69, 9.17) is 32.5 Å². The molecule has 20 heteroatoms. The van der Waals surface area contributed by atoms with Crippen molar-refractivity contribution in [2.45, 2.75) is 84.5 Å². The van der Waals surface area contributed by atoms with Gasteiger partial charge in [-0.2, -0.15) is 4.98 Å². The fraction of sp³-hybridized carbons (Fsp3) is 0.708. The minimum atomic E-state index is -4.94. The van der Waals surface area contributed by atoms with Gasteiger partial charge in [-0.1, -0.05) is 0 Å². The highest BCUT2D eigenvalue weighted by molar-refractivity contribution is 7.48. The highest BCUT2D eigenvalue weighted by Crippen LogP contribution is 2.53. The molecule has 44 heavy (non-hydrogen) atoms. The predicted molar refractivity (Wildman–Crippen MR) is 143 cm³/mol. The van der Waals surface area contributed by atoms with Crippen LogP contribution in [0.1, 0.15) is 53.6 Å². The van der Waals surface area contributed by atoms with Crippen LogP contribution in [0, 0.1) is 6.92 Å². The van der Waals surface area contributed by atoms with Crippen LogP contribution < -0.4 is 4.74 Å². The molecule has 0 spiro atoms. The second-order valence-electron chi connectivity index (χ2n) is 10.1. The van der Waals surface area contributed by atoms with Crippen LogP contribution in [0.2, 0.25) is 0 Å². The Morgan fingerprint density at radius 2 is 1.66 bits per heavy atom. The van der Waals surface area contributed by atoms with Gasteiger partial charge in [0.1, 0.15) is 24.1 Å². The zero-order valence-corrected chi connectivity index (χ0v) is 26.0. The Morgan fingerprint density at radius 1 is 1.09 bits per heavy atom. The summed E-state index contributed by atoms with van der Waals surface area (Å²) in [5.41, 5.74) is -2.07. The van der Waals surface area contributed by atoms with Gasteiger partial charge in [0, 0.05) is 0 Å². The molecule has 0 radical (unpaired) electrons. The number of alkyl halides is 1. The van der Waals surface area contributed by atoms with Crippen molar-refractivity contribution >= 4 is 31.3 Å². The number of imidazole rings is 1. The van der Waals surface area contributed by atoms with Crippen LogP contribution in [0.4, 0.5) is 14.0 Å². The molecular formula is C24H36FN4O14P. The molecule has 2 aromatic rings. The third-order valence-corrected chi connectivity index (χ3v) is 6.95. The normalized spacial score (nSPS) is 23.7. The molecule has 3 rings (SSSR count). The van der Waals surface area contributed by atoms with Crippen molar-refractivity contribution < 1.29 is 70.8 Å². The van der Waals surface area contributed by atoms with Crippen molar-refractivity contribution in [3.63, 3.8) is 0 Å². The number of carbonyl (C=O) groups is 2. The first-order valence-corrected chi connectivity index (χ1v) is 14.8. The van der Waals surface area contributed by atoms with Gasteiger partial charge in [0.25, 0.3) is 5.85 Å². The quantitative estimate of drug-likeness (QED) is 0.170. The Kier molecular flexibility index (Phi) is 11.4. The van der Waals surface area contributed by atoms with E-state index in [0.717, 1.165) is 11.5 Å². The van der Waals surface area contributed by atoms with E-state index in [1.807, 2.05) is 0 Å². The molecule has 3 heterocycles. The van der Waals surface area contributed by atoms with Crippen LogP contribution in [-0.2, 0) is 41.8 Å². The van der Waals surface area contributed by atoms with Gasteiger partial charge in [-0.3, -0.25) is 9.09 Å². The summed E-state index contributed by atoms with van der Waals surface area (Å²) < 4.78 is 75.1. The number of phosphoric ester groups is 1. The van der Waals surface area contributed by atoms with E-state index in [-0.39, 0.29) is 29.5 Å². The maximum absolute atomic E-state index is 16.1. The molecule has 0 unspecified atom stereocenters. The number of rotatable bonds is 14. The summed E-state index contributed by atoms with van der Waals surface area (Å²) in [4.78, 5) is 35.9. The van der Waals surface area contributed by atoms with Crippen LogP contribution >= 0.6 is 7.82 Å². The van der Waals surface area contributed by atoms with E-state index in [9.17, 15) is 24.4 Å². The number of hydrogen-bond acceptors (Lipinski definition) is 17. The zero-order valence-electron chi connectivity index (χ0n) is 25.1. The lowest BCUT2D eigenvalue weighted by molar-refractivity contribution is -0.205. The van der Waals surface area contributed by atoms with Gasteiger partial charge >= 0.3 is 20.1 Å². The number of halogens is 1. The van der Waals surface area contributed by atoms with Gasteiger partial charge in [0.2, 0.25) is 19.5 Å². The Morgan fingerprint density at radius 3 is 2.18 bits per heavy atom. The Hall–Kier alpha value is -3.19. The van der Waals surface area contributed by atoms with E-state index in [2.05, 4.69) is 24.4 Å². The van der Waals surface area contributed by atoms with Crippen LogP contribution in [0.3, 0.4) is 0 Å². The smallest absolute Gasteiger partial charge is 0.476 e. The molecule has 1 saturated heterocycles. The number of aryl methyl sites for hydroxylation is 1. The molecule has 2 aromatic heterocycles. The number of carbonyl (C=O) groups excluding carboxylic acids is 2. The number of fused-ring (bicyclic) bond motifs is 1. The number of hydrogen-bond donors (Lipinski definition) is 2. The fourth-order valence-electron chi connectivity index (χ4n) is 3.81. The van der Waals surface area contributed by atoms with E-state index in [1.54, 1.807) is 41.5 Å². The topological polar surface area (TPSA) is 218 Å².